The molecule has 5 nitrogen and oxygen atoms in total. The van der Waals surface area contributed by atoms with Crippen LogP contribution in [-0.2, 0) is 9.47 Å². The first-order chi connectivity index (χ1) is 9.10. The molecule has 0 radical (unpaired) electrons. The van der Waals surface area contributed by atoms with Crippen LogP contribution in [0.4, 0.5) is 0 Å². The predicted octanol–water partition coefficient (Wildman–Crippen LogP) is 1.44. The van der Waals surface area contributed by atoms with Crippen molar-refractivity contribution in [2.24, 2.45) is 0 Å². The van der Waals surface area contributed by atoms with Crippen LogP contribution < -0.4 is 0 Å². The van der Waals surface area contributed by atoms with Gasteiger partial charge in [0.1, 0.15) is 5.75 Å². The Morgan fingerprint density at radius 3 is 2.26 bits per heavy atom. The van der Waals surface area contributed by atoms with Crippen molar-refractivity contribution in [2.45, 2.75) is 6.92 Å². The van der Waals surface area contributed by atoms with Crippen molar-refractivity contribution in [3.63, 3.8) is 0 Å². The van der Waals surface area contributed by atoms with Gasteiger partial charge in [-0.1, -0.05) is 0 Å². The van der Waals surface area contributed by atoms with E-state index in [4.69, 9.17) is 9.47 Å². The van der Waals surface area contributed by atoms with Crippen molar-refractivity contribution in [2.75, 3.05) is 40.5 Å². The molecule has 0 heterocycles. The number of ether oxygens (including phenoxy) is 2. The van der Waals surface area contributed by atoms with Gasteiger partial charge in [0.25, 0.3) is 5.91 Å². The lowest BCUT2D eigenvalue weighted by molar-refractivity contribution is 0.0626. The molecule has 0 saturated carbocycles. The van der Waals surface area contributed by atoms with Gasteiger partial charge in [0.2, 0.25) is 0 Å². The van der Waals surface area contributed by atoms with Gasteiger partial charge in [0.05, 0.1) is 13.2 Å². The summed E-state index contributed by atoms with van der Waals surface area (Å²) in [5, 5.41) is 9.38. The van der Waals surface area contributed by atoms with Crippen LogP contribution in [0.2, 0.25) is 0 Å². The zero-order chi connectivity index (χ0) is 14.3. The normalized spacial score (nSPS) is 10.5. The number of phenols is 1. The van der Waals surface area contributed by atoms with Crippen LogP contribution in [0.25, 0.3) is 0 Å². The van der Waals surface area contributed by atoms with Crippen molar-refractivity contribution in [1.82, 2.24) is 4.90 Å². The molecular weight excluding hydrogens is 246 g/mol. The number of carbonyl (C=O) groups is 1. The Balaban J connectivity index is 2.84. The summed E-state index contributed by atoms with van der Waals surface area (Å²) >= 11 is 0. The number of hydrogen-bond acceptors (Lipinski definition) is 4. The van der Waals surface area contributed by atoms with Gasteiger partial charge in [-0.3, -0.25) is 4.79 Å². The Hall–Kier alpha value is -1.59. The molecule has 0 spiro atoms. The van der Waals surface area contributed by atoms with Gasteiger partial charge in [-0.2, -0.15) is 0 Å². The minimum atomic E-state index is -0.0772. The van der Waals surface area contributed by atoms with Gasteiger partial charge in [-0.05, 0) is 30.7 Å². The number of amides is 1. The number of aryl methyl sites for hydroxylation is 1. The molecule has 0 saturated heterocycles. The lowest BCUT2D eigenvalue weighted by Gasteiger charge is -2.23. The molecule has 5 heteroatoms. The van der Waals surface area contributed by atoms with Gasteiger partial charge in [0.15, 0.2) is 0 Å². The highest BCUT2D eigenvalue weighted by molar-refractivity contribution is 5.95. The molecule has 0 fully saturated rings. The number of carbonyl (C=O) groups excluding carboxylic acids is 1. The van der Waals surface area contributed by atoms with E-state index in [1.165, 1.54) is 6.07 Å². The van der Waals surface area contributed by atoms with E-state index in [0.717, 1.165) is 5.56 Å². The lowest BCUT2D eigenvalue weighted by atomic mass is 10.1. The fraction of sp³-hybridized carbons (Fsp3) is 0.500. The van der Waals surface area contributed by atoms with Crippen LogP contribution in [0.5, 0.6) is 5.75 Å². The standard InChI is InChI=1S/C14H21NO4/c1-11-10-12(16)4-5-13(11)14(17)15(6-8-18-2)7-9-19-3/h4-5,10,16H,6-9H2,1-3H3. The van der Waals surface area contributed by atoms with Crippen LogP contribution in [-0.4, -0.2) is 56.4 Å². The number of nitrogens with zero attached hydrogens (tertiary/aromatic N) is 1. The maximum Gasteiger partial charge on any atom is 0.254 e. The van der Waals surface area contributed by atoms with Crippen LogP contribution in [0.15, 0.2) is 18.2 Å². The first-order valence-electron chi connectivity index (χ1n) is 6.17. The van der Waals surface area contributed by atoms with E-state index >= 15 is 0 Å². The maximum atomic E-state index is 12.4. The molecule has 0 aliphatic heterocycles. The number of methoxy groups -OCH3 is 2. The van der Waals surface area contributed by atoms with E-state index in [1.807, 2.05) is 0 Å². The number of aromatic hydroxyl groups is 1. The summed E-state index contributed by atoms with van der Waals surface area (Å²) in [5.74, 6) is 0.0842. The number of hydrogen-bond donors (Lipinski definition) is 1. The van der Waals surface area contributed by atoms with Crippen LogP contribution in [0.1, 0.15) is 15.9 Å². The fourth-order valence-corrected chi connectivity index (χ4v) is 1.78. The number of benzene rings is 1. The van der Waals surface area contributed by atoms with E-state index in [1.54, 1.807) is 38.2 Å². The molecule has 0 aromatic heterocycles. The first kappa shape index (κ1) is 15.5. The first-order valence-corrected chi connectivity index (χ1v) is 6.17. The zero-order valence-electron chi connectivity index (χ0n) is 11.7. The predicted molar refractivity (Wildman–Crippen MR) is 72.5 cm³/mol. The molecule has 1 rings (SSSR count). The second-order valence-electron chi connectivity index (χ2n) is 4.28. The van der Waals surface area contributed by atoms with Gasteiger partial charge in [-0.15, -0.1) is 0 Å². The summed E-state index contributed by atoms with van der Waals surface area (Å²) < 4.78 is 10.0. The van der Waals surface area contributed by atoms with Gasteiger partial charge >= 0.3 is 0 Å². The Kier molecular flexibility index (Phi) is 6.32. The monoisotopic (exact) mass is 267 g/mol. The molecule has 1 aromatic carbocycles. The quantitative estimate of drug-likeness (QED) is 0.812. The average Bonchev–Trinajstić information content (AvgIpc) is 2.38. The zero-order valence-corrected chi connectivity index (χ0v) is 11.7. The fourth-order valence-electron chi connectivity index (χ4n) is 1.78. The van der Waals surface area contributed by atoms with Gasteiger partial charge < -0.3 is 19.5 Å². The highest BCUT2D eigenvalue weighted by Crippen LogP contribution is 2.17. The maximum absolute atomic E-state index is 12.4. The van der Waals surface area contributed by atoms with E-state index in [0.29, 0.717) is 31.9 Å². The van der Waals surface area contributed by atoms with Crippen molar-refractivity contribution in [3.05, 3.63) is 29.3 Å². The minimum absolute atomic E-state index is 0.0772. The number of rotatable bonds is 7. The molecule has 0 atom stereocenters. The van der Waals surface area contributed by atoms with Crippen LogP contribution >= 0.6 is 0 Å². The van der Waals surface area contributed by atoms with E-state index < -0.39 is 0 Å². The summed E-state index contributed by atoms with van der Waals surface area (Å²) in [6, 6.07) is 4.74. The molecular formula is C14H21NO4. The molecule has 0 aliphatic carbocycles. The molecule has 1 aromatic rings. The summed E-state index contributed by atoms with van der Waals surface area (Å²) in [7, 11) is 3.20. The molecule has 0 unspecified atom stereocenters. The molecule has 106 valence electrons. The van der Waals surface area contributed by atoms with Crippen molar-refractivity contribution in [1.29, 1.82) is 0 Å². The SMILES string of the molecule is COCCN(CCOC)C(=O)c1ccc(O)cc1C. The summed E-state index contributed by atoms with van der Waals surface area (Å²) in [5.41, 5.74) is 1.34. The Morgan fingerprint density at radius 2 is 1.79 bits per heavy atom. The Morgan fingerprint density at radius 1 is 1.21 bits per heavy atom. The van der Waals surface area contributed by atoms with Crippen molar-refractivity contribution in [3.8, 4) is 5.75 Å². The third-order valence-corrected chi connectivity index (χ3v) is 2.86. The van der Waals surface area contributed by atoms with Gasteiger partial charge in [0, 0.05) is 32.9 Å². The van der Waals surface area contributed by atoms with Crippen LogP contribution in [0.3, 0.4) is 0 Å². The largest absolute Gasteiger partial charge is 0.508 e. The van der Waals surface area contributed by atoms with E-state index in [-0.39, 0.29) is 11.7 Å². The Labute approximate surface area is 113 Å². The van der Waals surface area contributed by atoms with E-state index in [9.17, 15) is 9.90 Å². The molecule has 0 aliphatic rings. The third kappa shape index (κ3) is 4.54. The molecule has 1 N–H and O–H groups in total. The highest BCUT2D eigenvalue weighted by Gasteiger charge is 2.17. The molecule has 19 heavy (non-hydrogen) atoms. The van der Waals surface area contributed by atoms with Gasteiger partial charge in [-0.25, -0.2) is 0 Å². The summed E-state index contributed by atoms with van der Waals surface area (Å²) in [6.07, 6.45) is 0. The lowest BCUT2D eigenvalue weighted by Crippen LogP contribution is -2.36. The molecule has 1 amide bonds. The third-order valence-electron chi connectivity index (χ3n) is 2.86. The molecule has 0 bridgehead atoms. The smallest absolute Gasteiger partial charge is 0.254 e. The second kappa shape index (κ2) is 7.76. The Bertz CT molecular complexity index is 412. The topological polar surface area (TPSA) is 59.0 Å². The van der Waals surface area contributed by atoms with Crippen molar-refractivity contribution >= 4 is 5.91 Å². The second-order valence-corrected chi connectivity index (χ2v) is 4.28. The number of phenolic OH excluding ortho intramolecular Hbond substituents is 1. The highest BCUT2D eigenvalue weighted by atomic mass is 16.5. The van der Waals surface area contributed by atoms with Crippen molar-refractivity contribution < 1.29 is 19.4 Å². The van der Waals surface area contributed by atoms with E-state index in [2.05, 4.69) is 0 Å². The summed E-state index contributed by atoms with van der Waals surface area (Å²) in [6.45, 7) is 3.79. The summed E-state index contributed by atoms with van der Waals surface area (Å²) in [4.78, 5) is 14.1. The average molecular weight is 267 g/mol. The van der Waals surface area contributed by atoms with Crippen LogP contribution in [0, 0.1) is 6.92 Å². The minimum Gasteiger partial charge on any atom is -0.508 e.